The number of carbonyl (C=O) groups is 1. The molecule has 0 fully saturated rings. The van der Waals surface area contributed by atoms with Crippen LogP contribution in [0.4, 0.5) is 8.78 Å². The van der Waals surface area contributed by atoms with E-state index in [-0.39, 0.29) is 5.56 Å². The SMILES string of the molecule is CC(=O)C(C)(O)c1ccc(F)cc1F. The molecule has 0 aromatic heterocycles. The second kappa shape index (κ2) is 3.46. The van der Waals surface area contributed by atoms with Gasteiger partial charge in [-0.1, -0.05) is 0 Å². The summed E-state index contributed by atoms with van der Waals surface area (Å²) in [6.07, 6.45) is 0. The first-order valence-electron chi connectivity index (χ1n) is 4.04. The van der Waals surface area contributed by atoms with E-state index in [4.69, 9.17) is 0 Å². The highest BCUT2D eigenvalue weighted by molar-refractivity contribution is 5.85. The Hall–Kier alpha value is -1.29. The van der Waals surface area contributed by atoms with Crippen LogP contribution in [0.5, 0.6) is 0 Å². The summed E-state index contributed by atoms with van der Waals surface area (Å²) in [4.78, 5) is 11.0. The first kappa shape index (κ1) is 10.8. The lowest BCUT2D eigenvalue weighted by molar-refractivity contribution is -0.134. The van der Waals surface area contributed by atoms with Crippen LogP contribution in [0.3, 0.4) is 0 Å². The number of rotatable bonds is 2. The lowest BCUT2D eigenvalue weighted by atomic mass is 9.92. The van der Waals surface area contributed by atoms with Gasteiger partial charge in [0.2, 0.25) is 0 Å². The fraction of sp³-hybridized carbons (Fsp3) is 0.300. The van der Waals surface area contributed by atoms with Crippen molar-refractivity contribution in [2.24, 2.45) is 0 Å². The van der Waals surface area contributed by atoms with Crippen LogP contribution in [0, 0.1) is 11.6 Å². The summed E-state index contributed by atoms with van der Waals surface area (Å²) >= 11 is 0. The molecule has 76 valence electrons. The van der Waals surface area contributed by atoms with Crippen molar-refractivity contribution in [3.63, 3.8) is 0 Å². The molecule has 1 aromatic carbocycles. The van der Waals surface area contributed by atoms with Gasteiger partial charge in [-0.05, 0) is 26.0 Å². The van der Waals surface area contributed by atoms with Crippen LogP contribution in [0.25, 0.3) is 0 Å². The Morgan fingerprint density at radius 3 is 2.43 bits per heavy atom. The first-order chi connectivity index (χ1) is 6.35. The minimum absolute atomic E-state index is 0.216. The summed E-state index contributed by atoms with van der Waals surface area (Å²) in [5, 5.41) is 9.62. The van der Waals surface area contributed by atoms with Gasteiger partial charge in [-0.15, -0.1) is 0 Å². The predicted octanol–water partition coefficient (Wildman–Crippen LogP) is 1.76. The van der Waals surface area contributed by atoms with E-state index < -0.39 is 23.0 Å². The Labute approximate surface area is 80.2 Å². The zero-order valence-corrected chi connectivity index (χ0v) is 7.84. The molecule has 0 saturated heterocycles. The maximum Gasteiger partial charge on any atom is 0.165 e. The van der Waals surface area contributed by atoms with Crippen LogP contribution < -0.4 is 0 Å². The first-order valence-corrected chi connectivity index (χ1v) is 4.04. The lowest BCUT2D eigenvalue weighted by Gasteiger charge is -2.20. The van der Waals surface area contributed by atoms with Crippen molar-refractivity contribution in [2.45, 2.75) is 19.4 Å². The van der Waals surface area contributed by atoms with Crippen LogP contribution in [-0.2, 0) is 10.4 Å². The van der Waals surface area contributed by atoms with Gasteiger partial charge in [-0.2, -0.15) is 0 Å². The van der Waals surface area contributed by atoms with Gasteiger partial charge >= 0.3 is 0 Å². The van der Waals surface area contributed by atoms with E-state index in [1.807, 2.05) is 0 Å². The highest BCUT2D eigenvalue weighted by Crippen LogP contribution is 2.24. The van der Waals surface area contributed by atoms with Gasteiger partial charge < -0.3 is 5.11 Å². The van der Waals surface area contributed by atoms with Crippen LogP contribution in [0.15, 0.2) is 18.2 Å². The molecule has 0 spiro atoms. The van der Waals surface area contributed by atoms with Gasteiger partial charge in [-0.3, -0.25) is 4.79 Å². The number of Topliss-reactive ketones (excluding diaryl/α,β-unsaturated/α-hetero) is 1. The smallest absolute Gasteiger partial charge is 0.165 e. The van der Waals surface area contributed by atoms with Crippen molar-refractivity contribution in [1.29, 1.82) is 0 Å². The number of carbonyl (C=O) groups excluding carboxylic acids is 1. The zero-order valence-electron chi connectivity index (χ0n) is 7.84. The van der Waals surface area contributed by atoms with Crippen molar-refractivity contribution >= 4 is 5.78 Å². The minimum Gasteiger partial charge on any atom is -0.377 e. The summed E-state index contributed by atoms with van der Waals surface area (Å²) in [6, 6.07) is 2.69. The molecule has 1 atom stereocenters. The number of hydrogen-bond acceptors (Lipinski definition) is 2. The molecule has 0 saturated carbocycles. The third kappa shape index (κ3) is 1.80. The highest BCUT2D eigenvalue weighted by atomic mass is 19.1. The average Bonchev–Trinajstić information content (AvgIpc) is 2.02. The Morgan fingerprint density at radius 2 is 2.00 bits per heavy atom. The number of hydrogen-bond donors (Lipinski definition) is 1. The van der Waals surface area contributed by atoms with E-state index in [2.05, 4.69) is 0 Å². The van der Waals surface area contributed by atoms with Gasteiger partial charge in [0.15, 0.2) is 5.78 Å². The summed E-state index contributed by atoms with van der Waals surface area (Å²) in [7, 11) is 0. The Balaban J connectivity index is 3.26. The summed E-state index contributed by atoms with van der Waals surface area (Å²) in [6.45, 7) is 2.31. The van der Waals surface area contributed by atoms with E-state index in [0.29, 0.717) is 6.07 Å². The fourth-order valence-corrected chi connectivity index (χ4v) is 1.07. The van der Waals surface area contributed by atoms with Crippen molar-refractivity contribution in [1.82, 2.24) is 0 Å². The molecular weight excluding hydrogens is 190 g/mol. The Kier molecular flexibility index (Phi) is 2.66. The van der Waals surface area contributed by atoms with E-state index in [1.165, 1.54) is 6.92 Å². The monoisotopic (exact) mass is 200 g/mol. The quantitative estimate of drug-likeness (QED) is 0.789. The van der Waals surface area contributed by atoms with Gasteiger partial charge in [0.05, 0.1) is 0 Å². The molecular formula is C10H10F2O2. The molecule has 0 heterocycles. The average molecular weight is 200 g/mol. The van der Waals surface area contributed by atoms with Crippen molar-refractivity contribution in [3.8, 4) is 0 Å². The molecule has 0 aliphatic rings. The normalized spacial score (nSPS) is 14.9. The van der Waals surface area contributed by atoms with Gasteiger partial charge in [0, 0.05) is 11.6 Å². The molecule has 0 radical (unpaired) electrons. The fourth-order valence-electron chi connectivity index (χ4n) is 1.07. The van der Waals surface area contributed by atoms with Gasteiger partial charge in [0.1, 0.15) is 17.2 Å². The Morgan fingerprint density at radius 1 is 1.43 bits per heavy atom. The molecule has 14 heavy (non-hydrogen) atoms. The largest absolute Gasteiger partial charge is 0.377 e. The summed E-state index contributed by atoms with van der Waals surface area (Å²) in [5.41, 5.74) is -2.12. The molecule has 1 N–H and O–H groups in total. The topological polar surface area (TPSA) is 37.3 Å². The van der Waals surface area contributed by atoms with Crippen molar-refractivity contribution < 1.29 is 18.7 Å². The van der Waals surface area contributed by atoms with Crippen LogP contribution >= 0.6 is 0 Å². The molecule has 4 heteroatoms. The van der Waals surface area contributed by atoms with E-state index in [9.17, 15) is 18.7 Å². The zero-order chi connectivity index (χ0) is 10.9. The minimum atomic E-state index is -1.90. The molecule has 0 bridgehead atoms. The molecule has 0 aliphatic carbocycles. The summed E-state index contributed by atoms with van der Waals surface area (Å²) < 4.78 is 25.7. The second-order valence-electron chi connectivity index (χ2n) is 3.25. The third-order valence-corrected chi connectivity index (χ3v) is 2.14. The van der Waals surface area contributed by atoms with Crippen molar-refractivity contribution in [2.75, 3.05) is 0 Å². The molecule has 1 aromatic rings. The number of ketones is 1. The molecule has 0 aliphatic heterocycles. The number of benzene rings is 1. The van der Waals surface area contributed by atoms with Crippen LogP contribution in [0.1, 0.15) is 19.4 Å². The summed E-state index contributed by atoms with van der Waals surface area (Å²) in [5.74, 6) is -2.26. The number of halogens is 2. The molecule has 1 rings (SSSR count). The second-order valence-corrected chi connectivity index (χ2v) is 3.25. The number of aliphatic hydroxyl groups is 1. The van der Waals surface area contributed by atoms with E-state index >= 15 is 0 Å². The maximum atomic E-state index is 13.2. The third-order valence-electron chi connectivity index (χ3n) is 2.14. The highest BCUT2D eigenvalue weighted by Gasteiger charge is 2.31. The van der Waals surface area contributed by atoms with E-state index in [0.717, 1.165) is 19.1 Å². The van der Waals surface area contributed by atoms with Gasteiger partial charge in [-0.25, -0.2) is 8.78 Å². The molecule has 1 unspecified atom stereocenters. The van der Waals surface area contributed by atoms with Crippen molar-refractivity contribution in [3.05, 3.63) is 35.4 Å². The predicted molar refractivity (Wildman–Crippen MR) is 46.6 cm³/mol. The molecule has 0 amide bonds. The molecule has 2 nitrogen and oxygen atoms in total. The maximum absolute atomic E-state index is 13.2. The standard InChI is InChI=1S/C10H10F2O2/c1-6(13)10(2,14)8-4-3-7(11)5-9(8)12/h3-5,14H,1-2H3. The Bertz CT molecular complexity index is 372. The van der Waals surface area contributed by atoms with Crippen LogP contribution in [-0.4, -0.2) is 10.9 Å². The van der Waals surface area contributed by atoms with E-state index in [1.54, 1.807) is 0 Å². The lowest BCUT2D eigenvalue weighted by Crippen LogP contribution is -2.31. The van der Waals surface area contributed by atoms with Gasteiger partial charge in [0.25, 0.3) is 0 Å². The van der Waals surface area contributed by atoms with Crippen LogP contribution in [0.2, 0.25) is 0 Å².